The summed E-state index contributed by atoms with van der Waals surface area (Å²) < 4.78 is 36.9. The summed E-state index contributed by atoms with van der Waals surface area (Å²) in [6.07, 6.45) is -4.31. The van der Waals surface area contributed by atoms with Gasteiger partial charge in [-0.3, -0.25) is 0 Å². The fourth-order valence-electron chi connectivity index (χ4n) is 1.26. The molecule has 0 aliphatic carbocycles. The molecule has 0 saturated carbocycles. The van der Waals surface area contributed by atoms with Gasteiger partial charge in [0.2, 0.25) is 0 Å². The van der Waals surface area contributed by atoms with Crippen molar-refractivity contribution in [2.24, 2.45) is 0 Å². The number of aliphatic hydroxyl groups is 1. The molecule has 1 aromatic rings. The highest BCUT2D eigenvalue weighted by atomic mass is 19.4. The number of halogens is 3. The third kappa shape index (κ3) is 2.88. The number of aliphatic hydroxyl groups excluding tert-OH is 1. The molecular formula is C11H14F3NO. The first-order valence-corrected chi connectivity index (χ1v) is 4.87. The third-order valence-electron chi connectivity index (χ3n) is 2.53. The predicted molar refractivity (Wildman–Crippen MR) is 56.4 cm³/mol. The normalized spacial score (nSPS) is 13.6. The lowest BCUT2D eigenvalue weighted by atomic mass is 10.1. The Morgan fingerprint density at radius 2 is 1.75 bits per heavy atom. The average molecular weight is 233 g/mol. The fourth-order valence-corrected chi connectivity index (χ4v) is 1.26. The predicted octanol–water partition coefficient (Wildman–Crippen LogP) is 2.52. The minimum Gasteiger partial charge on any atom is -0.394 e. The summed E-state index contributed by atoms with van der Waals surface area (Å²) in [4.78, 5) is 1.72. The highest BCUT2D eigenvalue weighted by Gasteiger charge is 2.30. The zero-order chi connectivity index (χ0) is 12.3. The molecule has 1 unspecified atom stereocenters. The van der Waals surface area contributed by atoms with Crippen LogP contribution in [0.5, 0.6) is 0 Å². The Hall–Kier alpha value is -1.23. The van der Waals surface area contributed by atoms with Crippen molar-refractivity contribution in [1.29, 1.82) is 0 Å². The summed E-state index contributed by atoms with van der Waals surface area (Å²) >= 11 is 0. The van der Waals surface area contributed by atoms with Gasteiger partial charge in [0.1, 0.15) is 0 Å². The summed E-state index contributed by atoms with van der Waals surface area (Å²) in [5.74, 6) is 0. The molecule has 1 N–H and O–H groups in total. The molecule has 0 radical (unpaired) electrons. The molecular weight excluding hydrogens is 219 g/mol. The lowest BCUT2D eigenvalue weighted by Crippen LogP contribution is -2.31. The van der Waals surface area contributed by atoms with Gasteiger partial charge >= 0.3 is 6.18 Å². The van der Waals surface area contributed by atoms with E-state index in [-0.39, 0.29) is 12.6 Å². The van der Waals surface area contributed by atoms with Gasteiger partial charge in [0.15, 0.2) is 0 Å². The molecule has 90 valence electrons. The molecule has 0 fully saturated rings. The largest absolute Gasteiger partial charge is 0.416 e. The molecule has 0 aromatic heterocycles. The van der Waals surface area contributed by atoms with E-state index in [0.29, 0.717) is 5.69 Å². The summed E-state index contributed by atoms with van der Waals surface area (Å²) in [6.45, 7) is 1.75. The van der Waals surface area contributed by atoms with Crippen LogP contribution in [-0.2, 0) is 6.18 Å². The Labute approximate surface area is 92.3 Å². The van der Waals surface area contributed by atoms with Crippen LogP contribution in [0.1, 0.15) is 12.5 Å². The second kappa shape index (κ2) is 4.74. The Bertz CT molecular complexity index is 334. The van der Waals surface area contributed by atoms with Crippen LogP contribution >= 0.6 is 0 Å². The van der Waals surface area contributed by atoms with Crippen molar-refractivity contribution >= 4 is 5.69 Å². The fraction of sp³-hybridized carbons (Fsp3) is 0.455. The molecule has 1 rings (SSSR count). The maximum Gasteiger partial charge on any atom is 0.416 e. The standard InChI is InChI=1S/C11H14F3NO/c1-8(7-16)15(2)10-5-3-9(4-6-10)11(12,13)14/h3-6,8,16H,7H2,1-2H3. The monoisotopic (exact) mass is 233 g/mol. The number of rotatable bonds is 3. The molecule has 1 atom stereocenters. The summed E-state index contributed by atoms with van der Waals surface area (Å²) in [6, 6.07) is 4.74. The maximum absolute atomic E-state index is 12.3. The van der Waals surface area contributed by atoms with Crippen molar-refractivity contribution in [2.45, 2.75) is 19.1 Å². The minimum absolute atomic E-state index is 0.0441. The van der Waals surface area contributed by atoms with Crippen molar-refractivity contribution in [2.75, 3.05) is 18.6 Å². The first kappa shape index (κ1) is 12.8. The Balaban J connectivity index is 2.87. The van der Waals surface area contributed by atoms with E-state index in [1.165, 1.54) is 12.1 Å². The van der Waals surface area contributed by atoms with E-state index in [1.807, 2.05) is 0 Å². The number of nitrogens with zero attached hydrogens (tertiary/aromatic N) is 1. The Morgan fingerprint density at radius 3 is 2.12 bits per heavy atom. The van der Waals surface area contributed by atoms with Crippen molar-refractivity contribution in [1.82, 2.24) is 0 Å². The van der Waals surface area contributed by atoms with E-state index < -0.39 is 11.7 Å². The summed E-state index contributed by atoms with van der Waals surface area (Å²) in [7, 11) is 1.73. The summed E-state index contributed by atoms with van der Waals surface area (Å²) in [5, 5.41) is 8.93. The van der Waals surface area contributed by atoms with Gasteiger partial charge in [-0.05, 0) is 31.2 Å². The van der Waals surface area contributed by atoms with Crippen LogP contribution < -0.4 is 4.90 Å². The van der Waals surface area contributed by atoms with E-state index >= 15 is 0 Å². The van der Waals surface area contributed by atoms with Crippen LogP contribution in [0.4, 0.5) is 18.9 Å². The van der Waals surface area contributed by atoms with E-state index in [4.69, 9.17) is 5.11 Å². The van der Waals surface area contributed by atoms with E-state index in [1.54, 1.807) is 18.9 Å². The van der Waals surface area contributed by atoms with Crippen LogP contribution in [0.3, 0.4) is 0 Å². The SMILES string of the molecule is CC(CO)N(C)c1ccc(C(F)(F)F)cc1. The number of benzene rings is 1. The average Bonchev–Trinajstić information content (AvgIpc) is 2.26. The van der Waals surface area contributed by atoms with Crippen LogP contribution in [0.25, 0.3) is 0 Å². The van der Waals surface area contributed by atoms with Gasteiger partial charge in [0.25, 0.3) is 0 Å². The molecule has 0 aliphatic heterocycles. The molecule has 5 heteroatoms. The highest BCUT2D eigenvalue weighted by Crippen LogP contribution is 2.30. The van der Waals surface area contributed by atoms with Gasteiger partial charge in [-0.15, -0.1) is 0 Å². The molecule has 0 bridgehead atoms. The van der Waals surface area contributed by atoms with E-state index in [9.17, 15) is 13.2 Å². The van der Waals surface area contributed by atoms with Crippen LogP contribution in [0.15, 0.2) is 24.3 Å². The van der Waals surface area contributed by atoms with Crippen LogP contribution in [0, 0.1) is 0 Å². The lowest BCUT2D eigenvalue weighted by Gasteiger charge is -2.25. The van der Waals surface area contributed by atoms with Crippen molar-refractivity contribution in [3.8, 4) is 0 Å². The smallest absolute Gasteiger partial charge is 0.394 e. The van der Waals surface area contributed by atoms with Gasteiger partial charge < -0.3 is 10.0 Å². The second-order valence-corrected chi connectivity index (χ2v) is 3.69. The Morgan fingerprint density at radius 1 is 1.25 bits per heavy atom. The Kier molecular flexibility index (Phi) is 3.80. The second-order valence-electron chi connectivity index (χ2n) is 3.69. The quantitative estimate of drug-likeness (QED) is 0.867. The molecule has 0 amide bonds. The van der Waals surface area contributed by atoms with Gasteiger partial charge in [-0.25, -0.2) is 0 Å². The lowest BCUT2D eigenvalue weighted by molar-refractivity contribution is -0.137. The van der Waals surface area contributed by atoms with Crippen LogP contribution in [-0.4, -0.2) is 24.8 Å². The number of anilines is 1. The molecule has 2 nitrogen and oxygen atoms in total. The molecule has 0 spiro atoms. The van der Waals surface area contributed by atoms with Gasteiger partial charge in [0.05, 0.1) is 12.2 Å². The van der Waals surface area contributed by atoms with Crippen LogP contribution in [0.2, 0.25) is 0 Å². The van der Waals surface area contributed by atoms with Crippen molar-refractivity contribution in [3.05, 3.63) is 29.8 Å². The topological polar surface area (TPSA) is 23.5 Å². The van der Waals surface area contributed by atoms with Gasteiger partial charge in [-0.2, -0.15) is 13.2 Å². The number of hydrogen-bond acceptors (Lipinski definition) is 2. The first-order chi connectivity index (χ1) is 7.36. The van der Waals surface area contributed by atoms with Gasteiger partial charge in [0, 0.05) is 18.8 Å². The zero-order valence-corrected chi connectivity index (χ0v) is 9.12. The number of likely N-dealkylation sites (N-methyl/N-ethyl adjacent to an activating group) is 1. The third-order valence-corrected chi connectivity index (χ3v) is 2.53. The number of alkyl halides is 3. The van der Waals surface area contributed by atoms with E-state index in [0.717, 1.165) is 12.1 Å². The van der Waals surface area contributed by atoms with Crippen molar-refractivity contribution < 1.29 is 18.3 Å². The molecule has 0 aliphatic rings. The van der Waals surface area contributed by atoms with Crippen molar-refractivity contribution in [3.63, 3.8) is 0 Å². The highest BCUT2D eigenvalue weighted by molar-refractivity contribution is 5.48. The molecule has 0 saturated heterocycles. The first-order valence-electron chi connectivity index (χ1n) is 4.87. The minimum atomic E-state index is -4.31. The summed E-state index contributed by atoms with van der Waals surface area (Å²) in [5.41, 5.74) is -0.0177. The molecule has 0 heterocycles. The zero-order valence-electron chi connectivity index (χ0n) is 9.12. The van der Waals surface area contributed by atoms with E-state index in [2.05, 4.69) is 0 Å². The molecule has 16 heavy (non-hydrogen) atoms. The molecule has 1 aromatic carbocycles. The number of hydrogen-bond donors (Lipinski definition) is 1. The van der Waals surface area contributed by atoms with Gasteiger partial charge in [-0.1, -0.05) is 0 Å². The maximum atomic E-state index is 12.3.